The number of hydrogen-bond donors (Lipinski definition) is 1. The van der Waals surface area contributed by atoms with E-state index in [0.717, 1.165) is 18.5 Å². The molecule has 2 rings (SSSR count). The molecule has 0 aliphatic heterocycles. The standard InChI is InChI=1S/C17H20FNS/c1-13(15-5-9-17(20-2)10-6-15)19-12-11-14-3-7-16(18)8-4-14/h3-10,13,19H,11-12H2,1-2H3. The highest BCUT2D eigenvalue weighted by atomic mass is 32.2. The van der Waals surface area contributed by atoms with Crippen molar-refractivity contribution in [1.29, 1.82) is 0 Å². The Morgan fingerprint density at radius 1 is 1.05 bits per heavy atom. The van der Waals surface area contributed by atoms with E-state index in [2.05, 4.69) is 42.8 Å². The summed E-state index contributed by atoms with van der Waals surface area (Å²) >= 11 is 1.75. The summed E-state index contributed by atoms with van der Waals surface area (Å²) in [4.78, 5) is 1.28. The third-order valence-corrected chi connectivity index (χ3v) is 4.14. The van der Waals surface area contributed by atoms with E-state index in [1.807, 2.05) is 12.1 Å². The number of nitrogens with one attached hydrogen (secondary N) is 1. The molecule has 1 unspecified atom stereocenters. The normalized spacial score (nSPS) is 12.3. The lowest BCUT2D eigenvalue weighted by Crippen LogP contribution is -2.21. The van der Waals surface area contributed by atoms with Crippen LogP contribution in [0, 0.1) is 5.82 Å². The quantitative estimate of drug-likeness (QED) is 0.789. The summed E-state index contributed by atoms with van der Waals surface area (Å²) in [6.07, 6.45) is 2.99. The van der Waals surface area contributed by atoms with Gasteiger partial charge in [0, 0.05) is 10.9 Å². The zero-order valence-corrected chi connectivity index (χ0v) is 12.7. The molecule has 2 aromatic carbocycles. The summed E-state index contributed by atoms with van der Waals surface area (Å²) in [6, 6.07) is 15.7. The second-order valence-corrected chi connectivity index (χ2v) is 5.71. The maximum Gasteiger partial charge on any atom is 0.123 e. The Morgan fingerprint density at radius 2 is 1.70 bits per heavy atom. The van der Waals surface area contributed by atoms with Crippen LogP contribution in [0.25, 0.3) is 0 Å². The number of rotatable bonds is 6. The average molecular weight is 289 g/mol. The van der Waals surface area contributed by atoms with E-state index in [1.54, 1.807) is 11.8 Å². The fourth-order valence-electron chi connectivity index (χ4n) is 2.09. The first-order chi connectivity index (χ1) is 9.69. The highest BCUT2D eigenvalue weighted by molar-refractivity contribution is 7.98. The minimum Gasteiger partial charge on any atom is -0.310 e. The molecule has 2 aromatic rings. The van der Waals surface area contributed by atoms with E-state index in [4.69, 9.17) is 0 Å². The summed E-state index contributed by atoms with van der Waals surface area (Å²) in [5, 5.41) is 3.50. The lowest BCUT2D eigenvalue weighted by atomic mass is 10.1. The van der Waals surface area contributed by atoms with Crippen molar-refractivity contribution in [3.8, 4) is 0 Å². The van der Waals surface area contributed by atoms with Crippen molar-refractivity contribution in [1.82, 2.24) is 5.32 Å². The Balaban J connectivity index is 1.82. The van der Waals surface area contributed by atoms with Gasteiger partial charge in [0.1, 0.15) is 5.82 Å². The molecule has 20 heavy (non-hydrogen) atoms. The van der Waals surface area contributed by atoms with Gasteiger partial charge in [0.25, 0.3) is 0 Å². The van der Waals surface area contributed by atoms with E-state index >= 15 is 0 Å². The van der Waals surface area contributed by atoms with E-state index in [9.17, 15) is 4.39 Å². The van der Waals surface area contributed by atoms with Gasteiger partial charge < -0.3 is 5.32 Å². The van der Waals surface area contributed by atoms with Crippen LogP contribution >= 0.6 is 11.8 Å². The van der Waals surface area contributed by atoms with Crippen LogP contribution in [0.5, 0.6) is 0 Å². The summed E-state index contributed by atoms with van der Waals surface area (Å²) in [6.45, 7) is 3.05. The fraction of sp³-hybridized carbons (Fsp3) is 0.294. The van der Waals surface area contributed by atoms with Gasteiger partial charge in [-0.05, 0) is 61.5 Å². The number of hydrogen-bond acceptors (Lipinski definition) is 2. The highest BCUT2D eigenvalue weighted by Crippen LogP contribution is 2.18. The van der Waals surface area contributed by atoms with E-state index < -0.39 is 0 Å². The van der Waals surface area contributed by atoms with Crippen LogP contribution in [0.3, 0.4) is 0 Å². The molecule has 0 saturated heterocycles. The fourth-order valence-corrected chi connectivity index (χ4v) is 2.50. The zero-order chi connectivity index (χ0) is 14.4. The first kappa shape index (κ1) is 15.1. The monoisotopic (exact) mass is 289 g/mol. The molecule has 0 fully saturated rings. The molecule has 106 valence electrons. The second kappa shape index (κ2) is 7.46. The Hall–Kier alpha value is -1.32. The smallest absolute Gasteiger partial charge is 0.123 e. The summed E-state index contributed by atoms with van der Waals surface area (Å²) in [7, 11) is 0. The first-order valence-corrected chi connectivity index (χ1v) is 8.03. The molecular formula is C17H20FNS. The third kappa shape index (κ3) is 4.36. The zero-order valence-electron chi connectivity index (χ0n) is 11.9. The van der Waals surface area contributed by atoms with E-state index in [1.165, 1.54) is 22.6 Å². The molecule has 0 amide bonds. The molecule has 1 N–H and O–H groups in total. The van der Waals surface area contributed by atoms with Crippen molar-refractivity contribution < 1.29 is 4.39 Å². The second-order valence-electron chi connectivity index (χ2n) is 4.83. The van der Waals surface area contributed by atoms with Crippen LogP contribution in [0.2, 0.25) is 0 Å². The lowest BCUT2D eigenvalue weighted by molar-refractivity contribution is 0.575. The van der Waals surface area contributed by atoms with Crippen molar-refractivity contribution in [2.24, 2.45) is 0 Å². The van der Waals surface area contributed by atoms with Gasteiger partial charge in [-0.3, -0.25) is 0 Å². The predicted octanol–water partition coefficient (Wildman–Crippen LogP) is 4.44. The van der Waals surface area contributed by atoms with E-state index in [0.29, 0.717) is 6.04 Å². The molecule has 0 spiro atoms. The third-order valence-electron chi connectivity index (χ3n) is 3.39. The molecule has 0 bridgehead atoms. The van der Waals surface area contributed by atoms with Crippen molar-refractivity contribution in [2.75, 3.05) is 12.8 Å². The van der Waals surface area contributed by atoms with Gasteiger partial charge in [-0.25, -0.2) is 4.39 Å². The number of halogens is 1. The predicted molar refractivity (Wildman–Crippen MR) is 84.7 cm³/mol. The Bertz CT molecular complexity index is 522. The van der Waals surface area contributed by atoms with Crippen molar-refractivity contribution in [3.63, 3.8) is 0 Å². The summed E-state index contributed by atoms with van der Waals surface area (Å²) < 4.78 is 12.8. The average Bonchev–Trinajstić information content (AvgIpc) is 2.49. The first-order valence-electron chi connectivity index (χ1n) is 6.81. The van der Waals surface area contributed by atoms with Crippen LogP contribution in [0.1, 0.15) is 24.1 Å². The van der Waals surface area contributed by atoms with Gasteiger partial charge in [0.05, 0.1) is 0 Å². The lowest BCUT2D eigenvalue weighted by Gasteiger charge is -2.14. The Labute approximate surface area is 124 Å². The molecule has 0 aliphatic rings. The molecule has 0 aromatic heterocycles. The van der Waals surface area contributed by atoms with Crippen LogP contribution in [0.4, 0.5) is 4.39 Å². The maximum absolute atomic E-state index is 12.8. The molecule has 0 radical (unpaired) electrons. The minimum atomic E-state index is -0.177. The topological polar surface area (TPSA) is 12.0 Å². The SMILES string of the molecule is CSc1ccc(C(C)NCCc2ccc(F)cc2)cc1. The Morgan fingerprint density at radius 3 is 2.30 bits per heavy atom. The van der Waals surface area contributed by atoms with Crippen LogP contribution in [-0.2, 0) is 6.42 Å². The molecule has 1 nitrogen and oxygen atoms in total. The van der Waals surface area contributed by atoms with Crippen LogP contribution in [-0.4, -0.2) is 12.8 Å². The van der Waals surface area contributed by atoms with Crippen molar-refractivity contribution in [3.05, 3.63) is 65.5 Å². The van der Waals surface area contributed by atoms with Gasteiger partial charge in [0.2, 0.25) is 0 Å². The van der Waals surface area contributed by atoms with Gasteiger partial charge in [-0.1, -0.05) is 24.3 Å². The maximum atomic E-state index is 12.8. The molecule has 0 aliphatic carbocycles. The van der Waals surface area contributed by atoms with Crippen LogP contribution in [0.15, 0.2) is 53.4 Å². The number of thioether (sulfide) groups is 1. The van der Waals surface area contributed by atoms with Crippen molar-refractivity contribution in [2.45, 2.75) is 24.3 Å². The van der Waals surface area contributed by atoms with Gasteiger partial charge in [-0.2, -0.15) is 0 Å². The van der Waals surface area contributed by atoms with Gasteiger partial charge in [-0.15, -0.1) is 11.8 Å². The molecule has 0 saturated carbocycles. The highest BCUT2D eigenvalue weighted by Gasteiger charge is 2.04. The molecule has 3 heteroatoms. The van der Waals surface area contributed by atoms with Crippen molar-refractivity contribution >= 4 is 11.8 Å². The molecule has 0 heterocycles. The van der Waals surface area contributed by atoms with Gasteiger partial charge >= 0.3 is 0 Å². The Kier molecular flexibility index (Phi) is 5.62. The molecular weight excluding hydrogens is 269 g/mol. The summed E-state index contributed by atoms with van der Waals surface area (Å²) in [5.41, 5.74) is 2.45. The largest absolute Gasteiger partial charge is 0.310 e. The summed E-state index contributed by atoms with van der Waals surface area (Å²) in [5.74, 6) is -0.177. The van der Waals surface area contributed by atoms with E-state index in [-0.39, 0.29) is 5.82 Å². The minimum absolute atomic E-state index is 0.177. The molecule has 1 atom stereocenters. The van der Waals surface area contributed by atoms with Gasteiger partial charge in [0.15, 0.2) is 0 Å². The number of benzene rings is 2. The van der Waals surface area contributed by atoms with Crippen LogP contribution < -0.4 is 5.32 Å².